The zero-order valence-electron chi connectivity index (χ0n) is 13.8. The second-order valence-electron chi connectivity index (χ2n) is 6.61. The molecular weight excluding hydrogens is 309 g/mol. The Bertz CT molecular complexity index is 604. The maximum Gasteiger partial charge on any atom is 0.254 e. The van der Waals surface area contributed by atoms with Crippen molar-refractivity contribution in [2.45, 2.75) is 19.3 Å². The van der Waals surface area contributed by atoms with Crippen molar-refractivity contribution < 1.29 is 14.0 Å². The lowest BCUT2D eigenvalue weighted by atomic mass is 10.2. The number of carbonyl (C=O) groups is 2. The minimum absolute atomic E-state index is 0.0932. The highest BCUT2D eigenvalue weighted by atomic mass is 19.1. The van der Waals surface area contributed by atoms with Crippen LogP contribution in [0.25, 0.3) is 0 Å². The van der Waals surface area contributed by atoms with E-state index in [9.17, 15) is 14.0 Å². The van der Waals surface area contributed by atoms with E-state index in [-0.39, 0.29) is 11.8 Å². The number of amides is 2. The molecule has 5 nitrogen and oxygen atoms in total. The summed E-state index contributed by atoms with van der Waals surface area (Å²) >= 11 is 0. The SMILES string of the molecule is O=C(CNCC1CC1)N1CCCN(C(=O)c2cccc(F)c2)CC1. The molecule has 0 spiro atoms. The molecule has 3 rings (SSSR count). The summed E-state index contributed by atoms with van der Waals surface area (Å²) in [5, 5.41) is 3.22. The summed E-state index contributed by atoms with van der Waals surface area (Å²) in [6.45, 7) is 3.57. The van der Waals surface area contributed by atoms with Gasteiger partial charge in [-0.25, -0.2) is 4.39 Å². The number of rotatable bonds is 5. The van der Waals surface area contributed by atoms with Gasteiger partial charge in [0, 0.05) is 31.7 Å². The molecule has 0 aromatic heterocycles. The Hall–Kier alpha value is -1.95. The van der Waals surface area contributed by atoms with E-state index in [1.165, 1.54) is 25.0 Å². The minimum Gasteiger partial charge on any atom is -0.340 e. The summed E-state index contributed by atoms with van der Waals surface area (Å²) in [4.78, 5) is 28.3. The fraction of sp³-hybridized carbons (Fsp3) is 0.556. The Labute approximate surface area is 141 Å². The van der Waals surface area contributed by atoms with E-state index < -0.39 is 5.82 Å². The molecule has 2 aliphatic rings. The quantitative estimate of drug-likeness (QED) is 0.888. The van der Waals surface area contributed by atoms with E-state index in [4.69, 9.17) is 0 Å². The Morgan fingerprint density at radius 2 is 1.88 bits per heavy atom. The van der Waals surface area contributed by atoms with Gasteiger partial charge in [-0.3, -0.25) is 9.59 Å². The van der Waals surface area contributed by atoms with E-state index >= 15 is 0 Å². The topological polar surface area (TPSA) is 52.7 Å². The zero-order chi connectivity index (χ0) is 16.9. The number of nitrogens with zero attached hydrogens (tertiary/aromatic N) is 2. The average Bonchev–Trinajstić information content (AvgIpc) is 3.40. The fourth-order valence-electron chi connectivity index (χ4n) is 2.99. The van der Waals surface area contributed by atoms with Gasteiger partial charge in [-0.15, -0.1) is 0 Å². The van der Waals surface area contributed by atoms with Crippen LogP contribution in [0.5, 0.6) is 0 Å². The van der Waals surface area contributed by atoms with Gasteiger partial charge in [0.05, 0.1) is 6.54 Å². The molecule has 1 aliphatic carbocycles. The number of hydrogen-bond acceptors (Lipinski definition) is 3. The van der Waals surface area contributed by atoms with Gasteiger partial charge in [-0.1, -0.05) is 6.07 Å². The number of hydrogen-bond donors (Lipinski definition) is 1. The van der Waals surface area contributed by atoms with Gasteiger partial charge in [0.1, 0.15) is 5.82 Å². The monoisotopic (exact) mass is 333 g/mol. The number of carbonyl (C=O) groups excluding carboxylic acids is 2. The van der Waals surface area contributed by atoms with E-state index in [1.54, 1.807) is 17.0 Å². The summed E-state index contributed by atoms with van der Waals surface area (Å²) in [5.74, 6) is 0.266. The van der Waals surface area contributed by atoms with Crippen LogP contribution in [0.15, 0.2) is 24.3 Å². The van der Waals surface area contributed by atoms with Crippen molar-refractivity contribution in [1.82, 2.24) is 15.1 Å². The van der Waals surface area contributed by atoms with Crippen molar-refractivity contribution in [3.63, 3.8) is 0 Å². The Morgan fingerprint density at radius 1 is 1.12 bits per heavy atom. The van der Waals surface area contributed by atoms with Gasteiger partial charge < -0.3 is 15.1 Å². The summed E-state index contributed by atoms with van der Waals surface area (Å²) in [7, 11) is 0. The van der Waals surface area contributed by atoms with Crippen LogP contribution in [0.3, 0.4) is 0 Å². The molecular formula is C18H24FN3O2. The second kappa shape index (κ2) is 7.75. The molecule has 0 bridgehead atoms. The van der Waals surface area contributed by atoms with Crippen LogP contribution in [0.4, 0.5) is 4.39 Å². The van der Waals surface area contributed by atoms with Crippen molar-refractivity contribution in [2.75, 3.05) is 39.3 Å². The predicted molar refractivity (Wildman–Crippen MR) is 89.1 cm³/mol. The molecule has 1 aromatic rings. The maximum absolute atomic E-state index is 13.3. The first-order chi connectivity index (χ1) is 11.6. The summed E-state index contributed by atoms with van der Waals surface area (Å²) in [6, 6.07) is 5.76. The highest BCUT2D eigenvalue weighted by Gasteiger charge is 2.24. The highest BCUT2D eigenvalue weighted by molar-refractivity contribution is 5.94. The Balaban J connectivity index is 1.50. The largest absolute Gasteiger partial charge is 0.340 e. The molecule has 1 saturated carbocycles. The Morgan fingerprint density at radius 3 is 2.62 bits per heavy atom. The predicted octanol–water partition coefficient (Wildman–Crippen LogP) is 1.50. The van der Waals surface area contributed by atoms with Crippen molar-refractivity contribution in [2.24, 2.45) is 5.92 Å². The van der Waals surface area contributed by atoms with Crippen LogP contribution in [0.2, 0.25) is 0 Å². The van der Waals surface area contributed by atoms with Crippen LogP contribution >= 0.6 is 0 Å². The lowest BCUT2D eigenvalue weighted by Gasteiger charge is -2.22. The minimum atomic E-state index is -0.408. The molecule has 0 unspecified atom stereocenters. The Kier molecular flexibility index (Phi) is 5.45. The van der Waals surface area contributed by atoms with Gasteiger partial charge in [-0.05, 0) is 49.9 Å². The normalized spacial score (nSPS) is 18.4. The molecule has 2 fully saturated rings. The van der Waals surface area contributed by atoms with Crippen LogP contribution < -0.4 is 5.32 Å². The smallest absolute Gasteiger partial charge is 0.254 e. The van der Waals surface area contributed by atoms with Crippen molar-refractivity contribution in [1.29, 1.82) is 0 Å². The fourth-order valence-corrected chi connectivity index (χ4v) is 2.99. The molecule has 24 heavy (non-hydrogen) atoms. The summed E-state index contributed by atoms with van der Waals surface area (Å²) in [5.41, 5.74) is 0.362. The van der Waals surface area contributed by atoms with Crippen molar-refractivity contribution >= 4 is 11.8 Å². The van der Waals surface area contributed by atoms with Crippen molar-refractivity contribution in [3.05, 3.63) is 35.6 Å². The number of halogens is 1. The van der Waals surface area contributed by atoms with Crippen LogP contribution in [0.1, 0.15) is 29.6 Å². The van der Waals surface area contributed by atoms with Crippen molar-refractivity contribution in [3.8, 4) is 0 Å². The molecule has 0 atom stereocenters. The molecule has 1 heterocycles. The van der Waals surface area contributed by atoms with Gasteiger partial charge in [0.2, 0.25) is 5.91 Å². The molecule has 0 radical (unpaired) electrons. The second-order valence-corrected chi connectivity index (χ2v) is 6.61. The zero-order valence-corrected chi connectivity index (χ0v) is 13.8. The van der Waals surface area contributed by atoms with Gasteiger partial charge in [0.15, 0.2) is 0 Å². The van der Waals surface area contributed by atoms with Crippen LogP contribution in [0, 0.1) is 11.7 Å². The lowest BCUT2D eigenvalue weighted by molar-refractivity contribution is -0.130. The summed E-state index contributed by atoms with van der Waals surface area (Å²) < 4.78 is 13.3. The molecule has 130 valence electrons. The van der Waals surface area contributed by atoms with Gasteiger partial charge in [0.25, 0.3) is 5.91 Å². The standard InChI is InChI=1S/C18H24FN3O2/c19-16-4-1-3-15(11-16)18(24)22-8-2-7-21(9-10-22)17(23)13-20-12-14-5-6-14/h1,3-4,11,14,20H,2,5-10,12-13H2. The molecule has 1 aromatic carbocycles. The van der Waals surface area contributed by atoms with E-state index in [1.807, 2.05) is 4.90 Å². The third-order valence-electron chi connectivity index (χ3n) is 4.61. The molecule has 2 amide bonds. The van der Waals surface area contributed by atoms with E-state index in [2.05, 4.69) is 5.32 Å². The maximum atomic E-state index is 13.3. The molecule has 6 heteroatoms. The number of benzene rings is 1. The molecule has 1 N–H and O–H groups in total. The van der Waals surface area contributed by atoms with E-state index in [0.29, 0.717) is 38.3 Å². The van der Waals surface area contributed by atoms with Gasteiger partial charge in [-0.2, -0.15) is 0 Å². The lowest BCUT2D eigenvalue weighted by Crippen LogP contribution is -2.41. The first kappa shape index (κ1) is 16.9. The third-order valence-corrected chi connectivity index (χ3v) is 4.61. The van der Waals surface area contributed by atoms with E-state index in [0.717, 1.165) is 18.9 Å². The average molecular weight is 333 g/mol. The first-order valence-corrected chi connectivity index (χ1v) is 8.67. The third kappa shape index (κ3) is 4.54. The van der Waals surface area contributed by atoms with Crippen LogP contribution in [-0.4, -0.2) is 60.9 Å². The first-order valence-electron chi connectivity index (χ1n) is 8.67. The number of nitrogens with one attached hydrogen (secondary N) is 1. The summed E-state index contributed by atoms with van der Waals surface area (Å²) in [6.07, 6.45) is 3.28. The molecule has 1 saturated heterocycles. The highest BCUT2D eigenvalue weighted by Crippen LogP contribution is 2.27. The molecule has 1 aliphatic heterocycles. The van der Waals surface area contributed by atoms with Gasteiger partial charge >= 0.3 is 0 Å². The van der Waals surface area contributed by atoms with Crippen LogP contribution in [-0.2, 0) is 4.79 Å².